The van der Waals surface area contributed by atoms with Crippen LogP contribution >= 0.6 is 11.8 Å². The summed E-state index contributed by atoms with van der Waals surface area (Å²) in [6, 6.07) is 22.4. The molecule has 0 saturated carbocycles. The van der Waals surface area contributed by atoms with E-state index in [-0.39, 0.29) is 11.7 Å². The van der Waals surface area contributed by atoms with E-state index >= 15 is 0 Å². The standard InChI is InChI=1S/C24H20N4OS/c1-15-10-11-18-13-16(2)23-26-27-24(28(23)21(18)12-15)30-14-22(29)25-20-9-5-7-17-6-3-4-8-19(17)20/h3-13H,14H2,1-2H3,(H,25,29). The largest absolute Gasteiger partial charge is 0.325 e. The molecule has 2 heterocycles. The van der Waals surface area contributed by atoms with E-state index in [1.807, 2.05) is 53.8 Å². The number of carbonyl (C=O) groups is 1. The molecule has 0 bridgehead atoms. The Labute approximate surface area is 178 Å². The van der Waals surface area contributed by atoms with Crippen LogP contribution in [0, 0.1) is 13.8 Å². The molecule has 0 aliphatic carbocycles. The number of pyridine rings is 1. The highest BCUT2D eigenvalue weighted by molar-refractivity contribution is 7.99. The molecule has 30 heavy (non-hydrogen) atoms. The molecule has 1 N–H and O–H groups in total. The van der Waals surface area contributed by atoms with E-state index < -0.39 is 0 Å². The van der Waals surface area contributed by atoms with E-state index in [9.17, 15) is 4.79 Å². The molecule has 2 aromatic heterocycles. The van der Waals surface area contributed by atoms with Crippen molar-refractivity contribution in [1.82, 2.24) is 14.6 Å². The van der Waals surface area contributed by atoms with Gasteiger partial charge in [-0.25, -0.2) is 0 Å². The quantitative estimate of drug-likeness (QED) is 0.403. The minimum absolute atomic E-state index is 0.0683. The van der Waals surface area contributed by atoms with Crippen LogP contribution in [0.2, 0.25) is 0 Å². The van der Waals surface area contributed by atoms with Gasteiger partial charge in [-0.05, 0) is 53.9 Å². The van der Waals surface area contributed by atoms with Gasteiger partial charge in [-0.3, -0.25) is 9.20 Å². The molecule has 0 spiro atoms. The maximum absolute atomic E-state index is 12.7. The number of aromatic nitrogens is 3. The summed E-state index contributed by atoms with van der Waals surface area (Å²) in [5, 5.41) is 15.7. The van der Waals surface area contributed by atoms with Crippen molar-refractivity contribution in [3.8, 4) is 0 Å². The monoisotopic (exact) mass is 412 g/mol. The zero-order valence-electron chi connectivity index (χ0n) is 16.7. The van der Waals surface area contributed by atoms with Gasteiger partial charge in [-0.2, -0.15) is 0 Å². The van der Waals surface area contributed by atoms with E-state index in [1.54, 1.807) is 0 Å². The maximum atomic E-state index is 12.7. The number of carbonyl (C=O) groups excluding carboxylic acids is 1. The Kier molecular flexibility index (Phi) is 4.64. The zero-order valence-corrected chi connectivity index (χ0v) is 17.5. The van der Waals surface area contributed by atoms with Crippen molar-refractivity contribution in [3.05, 3.63) is 77.9 Å². The fraction of sp³-hybridized carbons (Fsp3) is 0.125. The van der Waals surface area contributed by atoms with E-state index in [2.05, 4.69) is 46.7 Å². The van der Waals surface area contributed by atoms with Crippen LogP contribution in [-0.4, -0.2) is 26.3 Å². The van der Waals surface area contributed by atoms with E-state index in [0.717, 1.165) is 43.7 Å². The van der Waals surface area contributed by atoms with Gasteiger partial charge >= 0.3 is 0 Å². The van der Waals surface area contributed by atoms with Crippen LogP contribution in [0.4, 0.5) is 5.69 Å². The lowest BCUT2D eigenvalue weighted by Crippen LogP contribution is -2.14. The van der Waals surface area contributed by atoms with E-state index in [4.69, 9.17) is 0 Å². The molecule has 148 valence electrons. The van der Waals surface area contributed by atoms with Crippen molar-refractivity contribution in [2.24, 2.45) is 0 Å². The third kappa shape index (κ3) is 3.29. The number of fused-ring (bicyclic) bond motifs is 4. The molecule has 0 aliphatic heterocycles. The molecule has 0 saturated heterocycles. The molecule has 0 atom stereocenters. The first-order valence-corrected chi connectivity index (χ1v) is 10.7. The van der Waals surface area contributed by atoms with Crippen LogP contribution in [0.15, 0.2) is 71.9 Å². The van der Waals surface area contributed by atoms with Crippen molar-refractivity contribution in [1.29, 1.82) is 0 Å². The molecule has 0 fully saturated rings. The van der Waals surface area contributed by atoms with Gasteiger partial charge in [0.15, 0.2) is 10.8 Å². The molecule has 5 nitrogen and oxygen atoms in total. The Morgan fingerprint density at radius 1 is 0.967 bits per heavy atom. The fourth-order valence-corrected chi connectivity index (χ4v) is 4.50. The van der Waals surface area contributed by atoms with Crippen molar-refractivity contribution in [2.75, 3.05) is 11.1 Å². The Balaban J connectivity index is 1.43. The van der Waals surface area contributed by atoms with Crippen LogP contribution in [-0.2, 0) is 4.79 Å². The topological polar surface area (TPSA) is 59.3 Å². The highest BCUT2D eigenvalue weighted by Crippen LogP contribution is 2.27. The molecule has 5 aromatic rings. The van der Waals surface area contributed by atoms with Gasteiger partial charge in [0, 0.05) is 11.1 Å². The van der Waals surface area contributed by atoms with Crippen LogP contribution in [0.3, 0.4) is 0 Å². The second kappa shape index (κ2) is 7.46. The number of aryl methyl sites for hydroxylation is 2. The first kappa shape index (κ1) is 18.6. The molecular formula is C24H20N4OS. The second-order valence-electron chi connectivity index (χ2n) is 7.39. The Morgan fingerprint density at radius 3 is 2.70 bits per heavy atom. The average Bonchev–Trinajstić information content (AvgIpc) is 3.18. The molecule has 0 radical (unpaired) electrons. The van der Waals surface area contributed by atoms with Crippen LogP contribution in [0.1, 0.15) is 11.1 Å². The zero-order chi connectivity index (χ0) is 20.7. The number of amides is 1. The number of nitrogens with one attached hydrogen (secondary N) is 1. The van der Waals surface area contributed by atoms with Crippen LogP contribution < -0.4 is 5.32 Å². The summed E-state index contributed by atoms with van der Waals surface area (Å²) in [5.74, 6) is 0.187. The summed E-state index contributed by atoms with van der Waals surface area (Å²) < 4.78 is 2.05. The van der Waals surface area contributed by atoms with Crippen molar-refractivity contribution >= 4 is 50.7 Å². The second-order valence-corrected chi connectivity index (χ2v) is 8.34. The van der Waals surface area contributed by atoms with Gasteiger partial charge in [-0.1, -0.05) is 60.3 Å². The van der Waals surface area contributed by atoms with Crippen LogP contribution in [0.25, 0.3) is 27.3 Å². The smallest absolute Gasteiger partial charge is 0.234 e. The summed E-state index contributed by atoms with van der Waals surface area (Å²) in [4.78, 5) is 12.7. The molecule has 1 amide bonds. The highest BCUT2D eigenvalue weighted by Gasteiger charge is 2.14. The predicted molar refractivity (Wildman–Crippen MR) is 123 cm³/mol. The Hall–Kier alpha value is -3.38. The molecular weight excluding hydrogens is 392 g/mol. The van der Waals surface area contributed by atoms with Crippen molar-refractivity contribution < 1.29 is 4.79 Å². The lowest BCUT2D eigenvalue weighted by atomic mass is 10.1. The van der Waals surface area contributed by atoms with Gasteiger partial charge < -0.3 is 5.32 Å². The molecule has 0 unspecified atom stereocenters. The van der Waals surface area contributed by atoms with Gasteiger partial charge in [0.2, 0.25) is 5.91 Å². The summed E-state index contributed by atoms with van der Waals surface area (Å²) >= 11 is 1.40. The lowest BCUT2D eigenvalue weighted by molar-refractivity contribution is -0.113. The van der Waals surface area contributed by atoms with E-state index in [0.29, 0.717) is 0 Å². The van der Waals surface area contributed by atoms with Gasteiger partial charge in [0.1, 0.15) is 0 Å². The van der Waals surface area contributed by atoms with E-state index in [1.165, 1.54) is 17.3 Å². The SMILES string of the molecule is Cc1ccc2cc(C)c3nnc(SCC(=O)Nc4cccc5ccccc45)n3c2c1. The maximum Gasteiger partial charge on any atom is 0.234 e. The molecule has 3 aromatic carbocycles. The average molecular weight is 413 g/mol. The molecule has 5 rings (SSSR count). The van der Waals surface area contributed by atoms with Gasteiger partial charge in [-0.15, -0.1) is 10.2 Å². The van der Waals surface area contributed by atoms with Gasteiger partial charge in [0.25, 0.3) is 0 Å². The summed E-state index contributed by atoms with van der Waals surface area (Å²) in [5.41, 5.74) is 4.93. The summed E-state index contributed by atoms with van der Waals surface area (Å²) in [6.07, 6.45) is 0. The number of nitrogens with zero attached hydrogens (tertiary/aromatic N) is 3. The summed E-state index contributed by atoms with van der Waals surface area (Å²) in [7, 11) is 0. The summed E-state index contributed by atoms with van der Waals surface area (Å²) in [6.45, 7) is 4.10. The normalized spacial score (nSPS) is 11.4. The third-order valence-electron chi connectivity index (χ3n) is 5.18. The number of benzene rings is 3. The number of hydrogen-bond donors (Lipinski definition) is 1. The first-order chi connectivity index (χ1) is 14.6. The molecule has 6 heteroatoms. The minimum Gasteiger partial charge on any atom is -0.325 e. The third-order valence-corrected chi connectivity index (χ3v) is 6.11. The highest BCUT2D eigenvalue weighted by atomic mass is 32.2. The van der Waals surface area contributed by atoms with Gasteiger partial charge in [0.05, 0.1) is 11.3 Å². The van der Waals surface area contributed by atoms with Crippen molar-refractivity contribution in [2.45, 2.75) is 19.0 Å². The fourth-order valence-electron chi connectivity index (χ4n) is 3.75. The first-order valence-electron chi connectivity index (χ1n) is 9.76. The van der Waals surface area contributed by atoms with Crippen LogP contribution in [0.5, 0.6) is 0 Å². The number of thioether (sulfide) groups is 1. The predicted octanol–water partition coefficient (Wildman–Crippen LogP) is 5.38. The minimum atomic E-state index is -0.0683. The molecule has 0 aliphatic rings. The lowest BCUT2D eigenvalue weighted by Gasteiger charge is -2.09. The Bertz CT molecular complexity index is 1420. The van der Waals surface area contributed by atoms with Crippen molar-refractivity contribution in [3.63, 3.8) is 0 Å². The number of hydrogen-bond acceptors (Lipinski definition) is 4. The number of rotatable bonds is 4. The number of anilines is 1. The Morgan fingerprint density at radius 2 is 1.80 bits per heavy atom.